The molecule has 1 aromatic rings. The summed E-state index contributed by atoms with van der Waals surface area (Å²) in [6.45, 7) is 16.8. The average Bonchev–Trinajstić information content (AvgIpc) is 2.17. The zero-order valence-electron chi connectivity index (χ0n) is 12.6. The molecule has 0 saturated carbocycles. The molecule has 0 atom stereocenters. The van der Waals surface area contributed by atoms with Gasteiger partial charge in [0, 0.05) is 5.56 Å². The van der Waals surface area contributed by atoms with Crippen molar-refractivity contribution in [2.75, 3.05) is 0 Å². The van der Waals surface area contributed by atoms with Gasteiger partial charge in [-0.05, 0) is 34.4 Å². The van der Waals surface area contributed by atoms with E-state index in [0.29, 0.717) is 12.2 Å². The van der Waals surface area contributed by atoms with Crippen molar-refractivity contribution in [2.24, 2.45) is 0 Å². The maximum absolute atomic E-state index is 10.3. The van der Waals surface area contributed by atoms with Crippen LogP contribution in [-0.4, -0.2) is 5.11 Å². The van der Waals surface area contributed by atoms with Gasteiger partial charge in [-0.2, -0.15) is 0 Å². The molecular formula is C17H26O. The molecule has 1 aromatic carbocycles. The summed E-state index contributed by atoms with van der Waals surface area (Å²) in [7, 11) is 0. The second kappa shape index (κ2) is 4.79. The molecule has 0 bridgehead atoms. The third-order valence-electron chi connectivity index (χ3n) is 3.25. The second-order valence-corrected chi connectivity index (χ2v) is 7.01. The van der Waals surface area contributed by atoms with E-state index in [4.69, 9.17) is 0 Å². The molecule has 1 N–H and O–H groups in total. The van der Waals surface area contributed by atoms with E-state index < -0.39 is 0 Å². The number of aromatic hydroxyl groups is 1. The van der Waals surface area contributed by atoms with Gasteiger partial charge in [0.2, 0.25) is 0 Å². The Morgan fingerprint density at radius 2 is 1.61 bits per heavy atom. The molecule has 0 aliphatic heterocycles. The van der Waals surface area contributed by atoms with E-state index in [-0.39, 0.29) is 10.8 Å². The third kappa shape index (κ3) is 3.16. The summed E-state index contributed by atoms with van der Waals surface area (Å²) in [5, 5.41) is 10.3. The molecule has 100 valence electrons. The maximum Gasteiger partial charge on any atom is 0.119 e. The predicted molar refractivity (Wildman–Crippen MR) is 79.4 cm³/mol. The third-order valence-corrected chi connectivity index (χ3v) is 3.25. The summed E-state index contributed by atoms with van der Waals surface area (Å²) >= 11 is 0. The van der Waals surface area contributed by atoms with E-state index in [1.165, 1.54) is 11.1 Å². The molecule has 0 fully saturated rings. The standard InChI is InChI=1S/C17H26O/c1-8-9-13-14(17(5,6)7)10-12(11-15(13)18)16(2,3)4/h8,10-11,18H,1,9H2,2-7H3. The summed E-state index contributed by atoms with van der Waals surface area (Å²) in [5.41, 5.74) is 3.47. The van der Waals surface area contributed by atoms with Gasteiger partial charge in [0.25, 0.3) is 0 Å². The van der Waals surface area contributed by atoms with Gasteiger partial charge < -0.3 is 5.11 Å². The zero-order chi connectivity index (χ0) is 14.1. The lowest BCUT2D eigenvalue weighted by molar-refractivity contribution is 0.458. The molecule has 0 heterocycles. The van der Waals surface area contributed by atoms with Gasteiger partial charge in [-0.1, -0.05) is 53.7 Å². The SMILES string of the molecule is C=CCc1c(O)cc(C(C)(C)C)cc1C(C)(C)C. The van der Waals surface area contributed by atoms with Crippen molar-refractivity contribution in [3.05, 3.63) is 41.5 Å². The van der Waals surface area contributed by atoms with Crippen LogP contribution in [0.2, 0.25) is 0 Å². The highest BCUT2D eigenvalue weighted by molar-refractivity contribution is 5.48. The molecule has 0 radical (unpaired) electrons. The fourth-order valence-corrected chi connectivity index (χ4v) is 2.12. The Balaban J connectivity index is 3.52. The summed E-state index contributed by atoms with van der Waals surface area (Å²) < 4.78 is 0. The van der Waals surface area contributed by atoms with Gasteiger partial charge in [-0.15, -0.1) is 6.58 Å². The molecule has 0 aromatic heterocycles. The normalized spacial score (nSPS) is 12.6. The minimum absolute atomic E-state index is 0.0249. The number of benzene rings is 1. The van der Waals surface area contributed by atoms with Crippen molar-refractivity contribution >= 4 is 0 Å². The van der Waals surface area contributed by atoms with Crippen molar-refractivity contribution in [2.45, 2.75) is 58.8 Å². The Kier molecular flexibility index (Phi) is 3.95. The highest BCUT2D eigenvalue weighted by atomic mass is 16.3. The van der Waals surface area contributed by atoms with E-state index in [1.54, 1.807) is 0 Å². The Bertz CT molecular complexity index is 442. The van der Waals surface area contributed by atoms with Crippen LogP contribution in [0.15, 0.2) is 24.8 Å². The number of phenols is 1. The topological polar surface area (TPSA) is 20.2 Å². The molecule has 1 rings (SSSR count). The molecule has 1 nitrogen and oxygen atoms in total. The summed E-state index contributed by atoms with van der Waals surface area (Å²) in [6.07, 6.45) is 2.56. The molecule has 0 amide bonds. The largest absolute Gasteiger partial charge is 0.508 e. The van der Waals surface area contributed by atoms with E-state index in [9.17, 15) is 5.11 Å². The van der Waals surface area contributed by atoms with Crippen molar-refractivity contribution in [1.29, 1.82) is 0 Å². The number of rotatable bonds is 2. The van der Waals surface area contributed by atoms with Crippen molar-refractivity contribution in [3.8, 4) is 5.75 Å². The second-order valence-electron chi connectivity index (χ2n) is 7.01. The van der Waals surface area contributed by atoms with Crippen LogP contribution in [0, 0.1) is 0 Å². The maximum atomic E-state index is 10.3. The lowest BCUT2D eigenvalue weighted by Gasteiger charge is -2.28. The first kappa shape index (κ1) is 14.8. The van der Waals surface area contributed by atoms with Crippen LogP contribution in [0.5, 0.6) is 5.75 Å². The Morgan fingerprint density at radius 3 is 2.00 bits per heavy atom. The van der Waals surface area contributed by atoms with Crippen molar-refractivity contribution < 1.29 is 5.11 Å². The van der Waals surface area contributed by atoms with Crippen LogP contribution in [-0.2, 0) is 17.3 Å². The Morgan fingerprint density at radius 1 is 1.06 bits per heavy atom. The number of hydrogen-bond donors (Lipinski definition) is 1. The van der Waals surface area contributed by atoms with Crippen molar-refractivity contribution in [3.63, 3.8) is 0 Å². The highest BCUT2D eigenvalue weighted by Gasteiger charge is 2.24. The first-order chi connectivity index (χ1) is 8.07. The minimum atomic E-state index is 0.0249. The molecule has 0 spiro atoms. The van der Waals surface area contributed by atoms with E-state index in [2.05, 4.69) is 54.2 Å². The van der Waals surface area contributed by atoms with Gasteiger partial charge >= 0.3 is 0 Å². The summed E-state index contributed by atoms with van der Waals surface area (Å²) in [4.78, 5) is 0. The van der Waals surface area contributed by atoms with E-state index >= 15 is 0 Å². The fourth-order valence-electron chi connectivity index (χ4n) is 2.12. The molecule has 0 aliphatic rings. The van der Waals surface area contributed by atoms with Gasteiger partial charge in [0.15, 0.2) is 0 Å². The van der Waals surface area contributed by atoms with E-state index in [1.807, 2.05) is 12.1 Å². The number of allylic oxidation sites excluding steroid dienone is 1. The lowest BCUT2D eigenvalue weighted by Crippen LogP contribution is -2.18. The van der Waals surface area contributed by atoms with Crippen LogP contribution >= 0.6 is 0 Å². The summed E-state index contributed by atoms with van der Waals surface area (Å²) in [5.74, 6) is 0.396. The van der Waals surface area contributed by atoms with Crippen LogP contribution in [0.3, 0.4) is 0 Å². The molecular weight excluding hydrogens is 220 g/mol. The van der Waals surface area contributed by atoms with Gasteiger partial charge in [-0.25, -0.2) is 0 Å². The molecule has 0 aliphatic carbocycles. The molecule has 0 unspecified atom stereocenters. The molecule has 0 saturated heterocycles. The fraction of sp³-hybridized carbons (Fsp3) is 0.529. The van der Waals surface area contributed by atoms with Crippen LogP contribution in [0.4, 0.5) is 0 Å². The Hall–Kier alpha value is -1.24. The van der Waals surface area contributed by atoms with Crippen LogP contribution in [0.1, 0.15) is 58.2 Å². The van der Waals surface area contributed by atoms with Crippen LogP contribution < -0.4 is 0 Å². The average molecular weight is 246 g/mol. The molecule has 18 heavy (non-hydrogen) atoms. The lowest BCUT2D eigenvalue weighted by atomic mass is 9.77. The first-order valence-electron chi connectivity index (χ1n) is 6.55. The van der Waals surface area contributed by atoms with Gasteiger partial charge in [0.1, 0.15) is 5.75 Å². The minimum Gasteiger partial charge on any atom is -0.508 e. The number of phenolic OH excluding ortho intramolecular Hbond substituents is 1. The quantitative estimate of drug-likeness (QED) is 0.749. The highest BCUT2D eigenvalue weighted by Crippen LogP contribution is 2.36. The Labute approximate surface area is 112 Å². The van der Waals surface area contributed by atoms with Crippen molar-refractivity contribution in [1.82, 2.24) is 0 Å². The predicted octanol–water partition coefficient (Wildman–Crippen LogP) is 4.72. The van der Waals surface area contributed by atoms with Crippen LogP contribution in [0.25, 0.3) is 0 Å². The molecule has 1 heteroatoms. The van der Waals surface area contributed by atoms with E-state index in [0.717, 1.165) is 5.56 Å². The first-order valence-corrected chi connectivity index (χ1v) is 6.55. The summed E-state index contributed by atoms with van der Waals surface area (Å²) in [6, 6.07) is 4.13. The number of hydrogen-bond acceptors (Lipinski definition) is 1. The monoisotopic (exact) mass is 246 g/mol. The van der Waals surface area contributed by atoms with Gasteiger partial charge in [0.05, 0.1) is 0 Å². The zero-order valence-corrected chi connectivity index (χ0v) is 12.6. The van der Waals surface area contributed by atoms with Gasteiger partial charge in [-0.3, -0.25) is 0 Å². The smallest absolute Gasteiger partial charge is 0.119 e.